The van der Waals surface area contributed by atoms with Gasteiger partial charge in [0, 0.05) is 42.7 Å². The van der Waals surface area contributed by atoms with Gasteiger partial charge in [0.1, 0.15) is 0 Å². The lowest BCUT2D eigenvalue weighted by Gasteiger charge is -2.39. The largest absolute Gasteiger partial charge is 0.380 e. The van der Waals surface area contributed by atoms with E-state index in [4.69, 9.17) is 4.74 Å². The van der Waals surface area contributed by atoms with Crippen molar-refractivity contribution in [3.05, 3.63) is 35.5 Å². The third-order valence-electron chi connectivity index (χ3n) is 4.60. The van der Waals surface area contributed by atoms with Crippen LogP contribution < -0.4 is 5.32 Å². The summed E-state index contributed by atoms with van der Waals surface area (Å²) in [5, 5.41) is 5.11. The second kappa shape index (κ2) is 3.84. The van der Waals surface area contributed by atoms with E-state index < -0.39 is 0 Å². The molecular weight excluding hydrogens is 224 g/mol. The average molecular weight is 242 g/mol. The van der Waals surface area contributed by atoms with Crippen molar-refractivity contribution in [1.29, 1.82) is 0 Å². The molecule has 1 aliphatic heterocycles. The van der Waals surface area contributed by atoms with E-state index in [1.807, 2.05) is 7.11 Å². The van der Waals surface area contributed by atoms with E-state index in [2.05, 4.69) is 34.7 Å². The highest BCUT2D eigenvalue weighted by Crippen LogP contribution is 2.40. The van der Waals surface area contributed by atoms with Gasteiger partial charge in [-0.3, -0.25) is 0 Å². The molecule has 1 aromatic heterocycles. The lowest BCUT2D eigenvalue weighted by Crippen LogP contribution is -2.49. The van der Waals surface area contributed by atoms with E-state index in [1.165, 1.54) is 22.0 Å². The Bertz CT molecular complexity index is 589. The molecule has 3 atom stereocenters. The molecule has 3 heteroatoms. The predicted molar refractivity (Wildman–Crippen MR) is 71.9 cm³/mol. The van der Waals surface area contributed by atoms with Gasteiger partial charge in [-0.2, -0.15) is 0 Å². The predicted octanol–water partition coefficient (Wildman–Crippen LogP) is 2.18. The summed E-state index contributed by atoms with van der Waals surface area (Å²) in [6.45, 7) is 0.980. The number of hydrogen-bond acceptors (Lipinski definition) is 2. The number of methoxy groups -OCH3 is 1. The summed E-state index contributed by atoms with van der Waals surface area (Å²) < 4.78 is 5.54. The van der Waals surface area contributed by atoms with Crippen molar-refractivity contribution in [2.45, 2.75) is 30.9 Å². The van der Waals surface area contributed by atoms with Gasteiger partial charge in [-0.15, -0.1) is 0 Å². The molecule has 1 aromatic carbocycles. The zero-order chi connectivity index (χ0) is 12.1. The molecule has 1 saturated heterocycles. The minimum Gasteiger partial charge on any atom is -0.380 e. The fourth-order valence-corrected chi connectivity index (χ4v) is 3.69. The first-order chi connectivity index (χ1) is 8.86. The molecule has 2 heterocycles. The molecule has 2 aromatic rings. The molecule has 1 fully saturated rings. The monoisotopic (exact) mass is 242 g/mol. The SMILES string of the molecule is COC1CN[C@@H]2Cc3c[nH]c4cccc(c34)[C@H]2C1. The van der Waals surface area contributed by atoms with E-state index in [0.717, 1.165) is 19.4 Å². The number of benzene rings is 1. The van der Waals surface area contributed by atoms with Crippen LogP contribution in [-0.2, 0) is 11.2 Å². The van der Waals surface area contributed by atoms with Crippen molar-refractivity contribution < 1.29 is 4.74 Å². The minimum atomic E-state index is 0.349. The van der Waals surface area contributed by atoms with Crippen LogP contribution in [0.3, 0.4) is 0 Å². The molecule has 4 rings (SSSR count). The summed E-state index contributed by atoms with van der Waals surface area (Å²) in [7, 11) is 1.82. The van der Waals surface area contributed by atoms with Gasteiger partial charge in [-0.05, 0) is 30.0 Å². The van der Waals surface area contributed by atoms with E-state index >= 15 is 0 Å². The molecule has 2 aliphatic rings. The standard InChI is InChI=1S/C15H18N2O/c1-18-10-6-12-11-3-2-4-13-15(11)9(7-16-13)5-14(12)17-8-10/h2-4,7,10,12,14,16-17H,5-6,8H2,1H3/t10?,12-,14-/m1/s1. The summed E-state index contributed by atoms with van der Waals surface area (Å²) in [5.74, 6) is 0.593. The highest BCUT2D eigenvalue weighted by Gasteiger charge is 2.36. The second-order valence-corrected chi connectivity index (χ2v) is 5.50. The fourth-order valence-electron chi connectivity index (χ4n) is 3.69. The molecule has 18 heavy (non-hydrogen) atoms. The Morgan fingerprint density at radius 2 is 2.28 bits per heavy atom. The third kappa shape index (κ3) is 1.38. The summed E-state index contributed by atoms with van der Waals surface area (Å²) in [6.07, 6.45) is 4.80. The molecule has 0 bridgehead atoms. The number of aromatic amines is 1. The van der Waals surface area contributed by atoms with Gasteiger partial charge in [0.2, 0.25) is 0 Å². The van der Waals surface area contributed by atoms with Crippen LogP contribution in [-0.4, -0.2) is 30.8 Å². The maximum atomic E-state index is 5.54. The lowest BCUT2D eigenvalue weighted by atomic mass is 9.75. The van der Waals surface area contributed by atoms with Gasteiger partial charge in [0.25, 0.3) is 0 Å². The maximum Gasteiger partial charge on any atom is 0.0702 e. The summed E-state index contributed by atoms with van der Waals surface area (Å²) in [4.78, 5) is 3.40. The van der Waals surface area contributed by atoms with Crippen LogP contribution in [0.4, 0.5) is 0 Å². The zero-order valence-corrected chi connectivity index (χ0v) is 10.6. The first kappa shape index (κ1) is 10.6. The van der Waals surface area contributed by atoms with E-state index in [0.29, 0.717) is 18.1 Å². The number of fused-ring (bicyclic) bond motifs is 2. The Morgan fingerprint density at radius 1 is 1.33 bits per heavy atom. The van der Waals surface area contributed by atoms with E-state index in [1.54, 1.807) is 0 Å². The van der Waals surface area contributed by atoms with Gasteiger partial charge >= 0.3 is 0 Å². The first-order valence-electron chi connectivity index (χ1n) is 6.72. The summed E-state index contributed by atoms with van der Waals surface area (Å²) >= 11 is 0. The van der Waals surface area contributed by atoms with Crippen molar-refractivity contribution in [2.75, 3.05) is 13.7 Å². The molecule has 1 aliphatic carbocycles. The maximum absolute atomic E-state index is 5.54. The fraction of sp³-hybridized carbons (Fsp3) is 0.467. The van der Waals surface area contributed by atoms with Crippen molar-refractivity contribution in [3.63, 3.8) is 0 Å². The third-order valence-corrected chi connectivity index (χ3v) is 4.60. The Morgan fingerprint density at radius 3 is 3.17 bits per heavy atom. The number of H-pyrrole nitrogens is 1. The Hall–Kier alpha value is -1.32. The van der Waals surface area contributed by atoms with Crippen molar-refractivity contribution in [2.24, 2.45) is 0 Å². The highest BCUT2D eigenvalue weighted by atomic mass is 16.5. The number of rotatable bonds is 1. The minimum absolute atomic E-state index is 0.349. The van der Waals surface area contributed by atoms with Crippen LogP contribution in [0, 0.1) is 0 Å². The Kier molecular flexibility index (Phi) is 2.26. The Labute approximate surface area is 107 Å². The number of aromatic nitrogens is 1. The summed E-state index contributed by atoms with van der Waals surface area (Å²) in [5.41, 5.74) is 4.24. The van der Waals surface area contributed by atoms with Gasteiger partial charge in [-0.25, -0.2) is 0 Å². The van der Waals surface area contributed by atoms with Crippen LogP contribution in [0.25, 0.3) is 10.9 Å². The average Bonchev–Trinajstić information content (AvgIpc) is 2.83. The second-order valence-electron chi connectivity index (χ2n) is 5.50. The molecule has 0 saturated carbocycles. The zero-order valence-electron chi connectivity index (χ0n) is 10.6. The van der Waals surface area contributed by atoms with Gasteiger partial charge in [-0.1, -0.05) is 12.1 Å². The van der Waals surface area contributed by atoms with Crippen molar-refractivity contribution in [1.82, 2.24) is 10.3 Å². The Balaban J connectivity index is 1.85. The number of piperidine rings is 1. The molecule has 0 radical (unpaired) electrons. The highest BCUT2D eigenvalue weighted by molar-refractivity contribution is 5.88. The van der Waals surface area contributed by atoms with Crippen molar-refractivity contribution in [3.8, 4) is 0 Å². The molecule has 94 valence electrons. The molecule has 0 spiro atoms. The quantitative estimate of drug-likeness (QED) is 0.804. The smallest absolute Gasteiger partial charge is 0.0702 e. The molecule has 1 unspecified atom stereocenters. The molecule has 2 N–H and O–H groups in total. The topological polar surface area (TPSA) is 37.0 Å². The van der Waals surface area contributed by atoms with Crippen LogP contribution in [0.15, 0.2) is 24.4 Å². The van der Waals surface area contributed by atoms with Crippen LogP contribution >= 0.6 is 0 Å². The van der Waals surface area contributed by atoms with Gasteiger partial charge in [0.05, 0.1) is 6.10 Å². The van der Waals surface area contributed by atoms with Crippen LogP contribution in [0.2, 0.25) is 0 Å². The molecular formula is C15H18N2O. The van der Waals surface area contributed by atoms with Crippen LogP contribution in [0.1, 0.15) is 23.5 Å². The summed E-state index contributed by atoms with van der Waals surface area (Å²) in [6, 6.07) is 7.20. The van der Waals surface area contributed by atoms with E-state index in [-0.39, 0.29) is 0 Å². The number of nitrogens with one attached hydrogen (secondary N) is 2. The molecule has 3 nitrogen and oxygen atoms in total. The van der Waals surface area contributed by atoms with Crippen molar-refractivity contribution >= 4 is 10.9 Å². The number of hydrogen-bond donors (Lipinski definition) is 2. The normalized spacial score (nSPS) is 30.4. The van der Waals surface area contributed by atoms with E-state index in [9.17, 15) is 0 Å². The van der Waals surface area contributed by atoms with Gasteiger partial charge in [0.15, 0.2) is 0 Å². The number of ether oxygens (including phenoxy) is 1. The van der Waals surface area contributed by atoms with Crippen LogP contribution in [0.5, 0.6) is 0 Å². The molecule has 0 amide bonds. The lowest BCUT2D eigenvalue weighted by molar-refractivity contribution is 0.0609. The first-order valence-corrected chi connectivity index (χ1v) is 6.72. The van der Waals surface area contributed by atoms with Gasteiger partial charge < -0.3 is 15.0 Å².